The molecule has 5 nitrogen and oxygen atoms in total. The Balaban J connectivity index is 0.00000196. The molecule has 0 heterocycles. The summed E-state index contributed by atoms with van der Waals surface area (Å²) >= 11 is 5.43. The molecule has 15 heavy (non-hydrogen) atoms. The van der Waals surface area contributed by atoms with Crippen LogP contribution in [0.4, 0.5) is 0 Å². The fraction of sp³-hybridized carbons (Fsp3) is 0. The average Bonchev–Trinajstić information content (AvgIpc) is 2.01. The van der Waals surface area contributed by atoms with Crippen LogP contribution in [-0.2, 0) is 10.1 Å². The number of hydrogen-bond donors (Lipinski definition) is 1. The van der Waals surface area contributed by atoms with Crippen molar-refractivity contribution in [3.8, 4) is 0 Å². The first-order valence-electron chi connectivity index (χ1n) is 3.30. The molecule has 0 saturated heterocycles. The second kappa shape index (κ2) is 5.29. The van der Waals surface area contributed by atoms with Crippen molar-refractivity contribution in [3.05, 3.63) is 28.8 Å². The van der Waals surface area contributed by atoms with E-state index in [9.17, 15) is 18.3 Å². The Bertz CT molecular complexity index is 484. The fourth-order valence-electron chi connectivity index (χ4n) is 0.829. The third-order valence-electron chi connectivity index (χ3n) is 1.40. The number of carbonyl (C=O) groups is 1. The number of aromatic carboxylic acids is 1. The van der Waals surface area contributed by atoms with Gasteiger partial charge in [0, 0.05) is 10.6 Å². The molecule has 0 atom stereocenters. The number of halogens is 1. The van der Waals surface area contributed by atoms with Crippen molar-refractivity contribution in [3.63, 3.8) is 0 Å². The molecule has 1 aromatic rings. The van der Waals surface area contributed by atoms with Crippen LogP contribution in [0.5, 0.6) is 0 Å². The van der Waals surface area contributed by atoms with Gasteiger partial charge < -0.3 is 9.90 Å². The monoisotopic (exact) mass is 258 g/mol. The Morgan fingerprint density at radius 3 is 2.27 bits per heavy atom. The Labute approximate surface area is 113 Å². The van der Waals surface area contributed by atoms with E-state index < -0.39 is 26.5 Å². The van der Waals surface area contributed by atoms with Gasteiger partial charge in [0.2, 0.25) is 0 Å². The van der Waals surface area contributed by atoms with Gasteiger partial charge in [-0.1, -0.05) is 11.6 Å². The largest absolute Gasteiger partial charge is 1.00 e. The zero-order valence-corrected chi connectivity index (χ0v) is 11.2. The maximum Gasteiger partial charge on any atom is 1.00 e. The summed E-state index contributed by atoms with van der Waals surface area (Å²) in [6.45, 7) is 0. The van der Waals surface area contributed by atoms with E-state index in [0.29, 0.717) is 0 Å². The van der Waals surface area contributed by atoms with Gasteiger partial charge in [0.1, 0.15) is 0 Å². The van der Waals surface area contributed by atoms with Crippen LogP contribution in [0.15, 0.2) is 23.1 Å². The van der Waals surface area contributed by atoms with Crippen LogP contribution in [0.2, 0.25) is 5.02 Å². The van der Waals surface area contributed by atoms with Gasteiger partial charge in [0.25, 0.3) is 10.1 Å². The summed E-state index contributed by atoms with van der Waals surface area (Å²) in [6.07, 6.45) is 0. The summed E-state index contributed by atoms with van der Waals surface area (Å²) in [4.78, 5) is 9.81. The zero-order chi connectivity index (χ0) is 10.9. The predicted molar refractivity (Wildman–Crippen MR) is 45.6 cm³/mol. The van der Waals surface area contributed by atoms with E-state index >= 15 is 0 Å². The van der Waals surface area contributed by atoms with E-state index in [4.69, 9.17) is 16.2 Å². The van der Waals surface area contributed by atoms with Crippen LogP contribution < -0.4 is 34.7 Å². The molecule has 0 aliphatic carbocycles. The van der Waals surface area contributed by atoms with Crippen molar-refractivity contribution in [2.45, 2.75) is 4.90 Å². The molecule has 0 aromatic heterocycles. The zero-order valence-electron chi connectivity index (χ0n) is 7.60. The van der Waals surface area contributed by atoms with E-state index in [1.165, 1.54) is 0 Å². The van der Waals surface area contributed by atoms with E-state index in [1.54, 1.807) is 0 Å². The molecule has 0 fully saturated rings. The smallest absolute Gasteiger partial charge is 0.545 e. The van der Waals surface area contributed by atoms with Crippen molar-refractivity contribution < 1.29 is 52.4 Å². The maximum absolute atomic E-state index is 10.6. The molecule has 0 amide bonds. The molecule has 0 aliphatic heterocycles. The molecule has 1 N–H and O–H groups in total. The van der Waals surface area contributed by atoms with Gasteiger partial charge >= 0.3 is 29.6 Å². The van der Waals surface area contributed by atoms with Gasteiger partial charge in [-0.3, -0.25) is 4.55 Å². The van der Waals surface area contributed by atoms with E-state index in [-0.39, 0.29) is 34.6 Å². The van der Waals surface area contributed by atoms with Crippen molar-refractivity contribution in [2.24, 2.45) is 0 Å². The van der Waals surface area contributed by atoms with Crippen LogP contribution >= 0.6 is 11.6 Å². The standard InChI is InChI=1S/C7H5ClO5S.Na/c8-5-1-4(7(9)10)2-6(3-5)14(11,12)13;/h1-3H,(H,9,10)(H,11,12,13);/q;+1/p-1. The molecule has 8 heteroatoms. The van der Waals surface area contributed by atoms with Crippen LogP contribution in [-0.4, -0.2) is 18.9 Å². The number of carboxylic acid groups (broad SMARTS) is 1. The van der Waals surface area contributed by atoms with E-state index in [0.717, 1.165) is 18.2 Å². The van der Waals surface area contributed by atoms with Crippen LogP contribution in [0.1, 0.15) is 10.4 Å². The fourth-order valence-corrected chi connectivity index (χ4v) is 1.68. The molecule has 1 aromatic carbocycles. The Hall–Kier alpha value is -0.110. The van der Waals surface area contributed by atoms with Gasteiger partial charge in [-0.05, 0) is 18.2 Å². The number of rotatable bonds is 2. The molecule has 1 rings (SSSR count). The van der Waals surface area contributed by atoms with Crippen molar-refractivity contribution in [2.75, 3.05) is 0 Å². The van der Waals surface area contributed by atoms with Gasteiger partial charge in [0.05, 0.1) is 10.9 Å². The van der Waals surface area contributed by atoms with Gasteiger partial charge in [0.15, 0.2) is 0 Å². The van der Waals surface area contributed by atoms with Crippen molar-refractivity contribution >= 4 is 27.7 Å². The van der Waals surface area contributed by atoms with Crippen LogP contribution in [0.25, 0.3) is 0 Å². The minimum atomic E-state index is -4.46. The first-order valence-corrected chi connectivity index (χ1v) is 5.12. The summed E-state index contributed by atoms with van der Waals surface area (Å²) in [6, 6.07) is 2.71. The molecular formula is C7H4ClNaO5S. The van der Waals surface area contributed by atoms with Crippen molar-refractivity contribution in [1.29, 1.82) is 0 Å². The number of carboxylic acids is 1. The quantitative estimate of drug-likeness (QED) is 0.449. The minimum Gasteiger partial charge on any atom is -0.545 e. The number of benzene rings is 1. The summed E-state index contributed by atoms with van der Waals surface area (Å²) in [5, 5.41) is 10.3. The van der Waals surface area contributed by atoms with Crippen molar-refractivity contribution in [1.82, 2.24) is 0 Å². The molecule has 0 aliphatic rings. The normalized spacial score (nSPS) is 10.5. The minimum absolute atomic E-state index is 0. The summed E-state index contributed by atoms with van der Waals surface area (Å²) < 4.78 is 29.9. The van der Waals surface area contributed by atoms with Gasteiger partial charge in [-0.25, -0.2) is 0 Å². The van der Waals surface area contributed by atoms with Gasteiger partial charge in [-0.2, -0.15) is 8.42 Å². The Kier molecular flexibility index (Phi) is 5.25. The molecule has 0 bridgehead atoms. The summed E-state index contributed by atoms with van der Waals surface area (Å²) in [5.41, 5.74) is -0.412. The third kappa shape index (κ3) is 4.10. The average molecular weight is 259 g/mol. The molecule has 0 spiro atoms. The summed E-state index contributed by atoms with van der Waals surface area (Å²) in [7, 11) is -4.46. The Morgan fingerprint density at radius 2 is 1.87 bits per heavy atom. The number of hydrogen-bond acceptors (Lipinski definition) is 4. The number of carbonyl (C=O) groups excluding carboxylic acids is 1. The first kappa shape index (κ1) is 14.9. The SMILES string of the molecule is O=C([O-])c1cc(Cl)cc(S(=O)(=O)O)c1.[Na+]. The van der Waals surface area contributed by atoms with Crippen LogP contribution in [0, 0.1) is 0 Å². The topological polar surface area (TPSA) is 94.5 Å². The first-order chi connectivity index (χ1) is 6.30. The third-order valence-corrected chi connectivity index (χ3v) is 2.45. The molecule has 76 valence electrons. The van der Waals surface area contributed by atoms with Gasteiger partial charge in [-0.15, -0.1) is 0 Å². The second-order valence-corrected chi connectivity index (χ2v) is 4.30. The van der Waals surface area contributed by atoms with Crippen LogP contribution in [0.3, 0.4) is 0 Å². The summed E-state index contributed by atoms with van der Waals surface area (Å²) in [5.74, 6) is -1.57. The Morgan fingerprint density at radius 1 is 1.33 bits per heavy atom. The molecule has 0 unspecified atom stereocenters. The maximum atomic E-state index is 10.6. The molecule has 0 saturated carbocycles. The van der Waals surface area contributed by atoms with E-state index in [2.05, 4.69) is 0 Å². The second-order valence-electron chi connectivity index (χ2n) is 2.44. The molecule has 0 radical (unpaired) electrons. The molecular weight excluding hydrogens is 255 g/mol. The predicted octanol–water partition coefficient (Wildman–Crippen LogP) is -3.05. The van der Waals surface area contributed by atoms with E-state index in [1.807, 2.05) is 0 Å².